The van der Waals surface area contributed by atoms with Gasteiger partial charge in [0.25, 0.3) is 0 Å². The SMILES string of the molecule is Cc1sccc1-c1cncc(CN)c1. The summed E-state index contributed by atoms with van der Waals surface area (Å²) in [6.45, 7) is 2.67. The average Bonchev–Trinajstić information content (AvgIpc) is 2.65. The highest BCUT2D eigenvalue weighted by Crippen LogP contribution is 2.27. The van der Waals surface area contributed by atoms with Crippen LogP contribution in [0.2, 0.25) is 0 Å². The molecule has 0 bridgehead atoms. The Labute approximate surface area is 87.4 Å². The number of nitrogens with zero attached hydrogens (tertiary/aromatic N) is 1. The van der Waals surface area contributed by atoms with Crippen LogP contribution in [0, 0.1) is 6.92 Å². The molecule has 2 aromatic heterocycles. The molecular formula is C11H12N2S. The van der Waals surface area contributed by atoms with Gasteiger partial charge in [-0.25, -0.2) is 0 Å². The molecule has 0 saturated carbocycles. The minimum atomic E-state index is 0.546. The van der Waals surface area contributed by atoms with Gasteiger partial charge in [-0.1, -0.05) is 0 Å². The minimum absolute atomic E-state index is 0.546. The van der Waals surface area contributed by atoms with Gasteiger partial charge < -0.3 is 5.73 Å². The first-order chi connectivity index (χ1) is 6.81. The monoisotopic (exact) mass is 204 g/mol. The highest BCUT2D eigenvalue weighted by molar-refractivity contribution is 7.10. The van der Waals surface area contributed by atoms with Gasteiger partial charge >= 0.3 is 0 Å². The summed E-state index contributed by atoms with van der Waals surface area (Å²) in [6, 6.07) is 4.22. The summed E-state index contributed by atoms with van der Waals surface area (Å²) in [5.74, 6) is 0. The molecule has 72 valence electrons. The van der Waals surface area contributed by atoms with Gasteiger partial charge in [-0.2, -0.15) is 0 Å². The summed E-state index contributed by atoms with van der Waals surface area (Å²) in [6.07, 6.45) is 3.69. The Morgan fingerprint density at radius 2 is 2.29 bits per heavy atom. The summed E-state index contributed by atoms with van der Waals surface area (Å²) in [7, 11) is 0. The van der Waals surface area contributed by atoms with E-state index >= 15 is 0 Å². The molecule has 3 heteroatoms. The zero-order valence-electron chi connectivity index (χ0n) is 8.03. The summed E-state index contributed by atoms with van der Waals surface area (Å²) in [5.41, 5.74) is 9.07. The van der Waals surface area contributed by atoms with Crippen LogP contribution in [0.4, 0.5) is 0 Å². The van der Waals surface area contributed by atoms with Crippen LogP contribution in [-0.2, 0) is 6.54 Å². The predicted molar refractivity (Wildman–Crippen MR) is 60.2 cm³/mol. The maximum absolute atomic E-state index is 5.57. The fraction of sp³-hybridized carbons (Fsp3) is 0.182. The Morgan fingerprint density at radius 3 is 2.93 bits per heavy atom. The maximum atomic E-state index is 5.57. The van der Waals surface area contributed by atoms with Crippen molar-refractivity contribution in [2.24, 2.45) is 5.73 Å². The summed E-state index contributed by atoms with van der Waals surface area (Å²) >= 11 is 1.75. The fourth-order valence-electron chi connectivity index (χ4n) is 1.43. The van der Waals surface area contributed by atoms with E-state index in [0.29, 0.717) is 6.54 Å². The van der Waals surface area contributed by atoms with Crippen LogP contribution in [0.15, 0.2) is 29.9 Å². The lowest BCUT2D eigenvalue weighted by molar-refractivity contribution is 1.05. The quantitative estimate of drug-likeness (QED) is 0.816. The number of rotatable bonds is 2. The molecule has 0 aliphatic heterocycles. The Hall–Kier alpha value is -1.19. The zero-order chi connectivity index (χ0) is 9.97. The summed E-state index contributed by atoms with van der Waals surface area (Å²) in [5, 5.41) is 2.10. The van der Waals surface area contributed by atoms with Crippen LogP contribution >= 0.6 is 11.3 Å². The van der Waals surface area contributed by atoms with Gasteiger partial charge in [0.05, 0.1) is 0 Å². The van der Waals surface area contributed by atoms with Crippen molar-refractivity contribution in [1.82, 2.24) is 4.98 Å². The van der Waals surface area contributed by atoms with Gasteiger partial charge in [-0.3, -0.25) is 4.98 Å². The van der Waals surface area contributed by atoms with Crippen molar-refractivity contribution in [1.29, 1.82) is 0 Å². The minimum Gasteiger partial charge on any atom is -0.326 e. The average molecular weight is 204 g/mol. The first-order valence-electron chi connectivity index (χ1n) is 4.49. The van der Waals surface area contributed by atoms with Gasteiger partial charge in [0.15, 0.2) is 0 Å². The van der Waals surface area contributed by atoms with E-state index in [1.807, 2.05) is 12.4 Å². The Balaban J connectivity index is 2.47. The molecule has 2 N–H and O–H groups in total. The van der Waals surface area contributed by atoms with Gasteiger partial charge in [-0.15, -0.1) is 11.3 Å². The molecule has 2 nitrogen and oxygen atoms in total. The molecule has 0 saturated heterocycles. The van der Waals surface area contributed by atoms with Crippen molar-refractivity contribution in [3.05, 3.63) is 40.3 Å². The third-order valence-corrected chi connectivity index (χ3v) is 3.05. The molecule has 0 aromatic carbocycles. The molecule has 14 heavy (non-hydrogen) atoms. The number of aryl methyl sites for hydroxylation is 1. The Kier molecular flexibility index (Phi) is 2.61. The third kappa shape index (κ3) is 1.69. The van der Waals surface area contributed by atoms with Crippen molar-refractivity contribution in [3.63, 3.8) is 0 Å². The molecule has 0 aliphatic rings. The summed E-state index contributed by atoms with van der Waals surface area (Å²) < 4.78 is 0. The number of hydrogen-bond acceptors (Lipinski definition) is 3. The zero-order valence-corrected chi connectivity index (χ0v) is 8.84. The number of pyridine rings is 1. The van der Waals surface area contributed by atoms with E-state index in [9.17, 15) is 0 Å². The molecule has 0 radical (unpaired) electrons. The smallest absolute Gasteiger partial charge is 0.0346 e. The molecule has 2 heterocycles. The highest BCUT2D eigenvalue weighted by Gasteiger charge is 2.03. The molecule has 2 aromatic rings. The van der Waals surface area contributed by atoms with Crippen LogP contribution in [0.5, 0.6) is 0 Å². The van der Waals surface area contributed by atoms with Gasteiger partial charge in [0, 0.05) is 29.4 Å². The fourth-order valence-corrected chi connectivity index (χ4v) is 2.15. The van der Waals surface area contributed by atoms with Crippen LogP contribution in [0.25, 0.3) is 11.1 Å². The number of hydrogen-bond donors (Lipinski definition) is 1. The van der Waals surface area contributed by atoms with Crippen molar-refractivity contribution >= 4 is 11.3 Å². The van der Waals surface area contributed by atoms with Gasteiger partial charge in [-0.05, 0) is 35.6 Å². The van der Waals surface area contributed by atoms with Crippen LogP contribution in [-0.4, -0.2) is 4.98 Å². The number of aromatic nitrogens is 1. The normalized spacial score (nSPS) is 10.4. The maximum Gasteiger partial charge on any atom is 0.0346 e. The third-order valence-electron chi connectivity index (χ3n) is 2.20. The molecule has 0 atom stereocenters. The van der Waals surface area contributed by atoms with E-state index in [-0.39, 0.29) is 0 Å². The standard InChI is InChI=1S/C11H12N2S/c1-8-11(2-3-14-8)10-4-9(5-12)6-13-7-10/h2-4,6-7H,5,12H2,1H3. The highest BCUT2D eigenvalue weighted by atomic mass is 32.1. The van der Waals surface area contributed by atoms with E-state index < -0.39 is 0 Å². The second-order valence-electron chi connectivity index (χ2n) is 3.18. The van der Waals surface area contributed by atoms with E-state index in [4.69, 9.17) is 5.73 Å². The molecule has 0 fully saturated rings. The van der Waals surface area contributed by atoms with E-state index in [2.05, 4.69) is 29.4 Å². The largest absolute Gasteiger partial charge is 0.326 e. The molecular weight excluding hydrogens is 192 g/mol. The molecule has 0 amide bonds. The first-order valence-corrected chi connectivity index (χ1v) is 5.37. The molecule has 0 unspecified atom stereocenters. The predicted octanol–water partition coefficient (Wildman–Crippen LogP) is 2.58. The van der Waals surface area contributed by atoms with E-state index in [1.165, 1.54) is 10.4 Å². The lowest BCUT2D eigenvalue weighted by atomic mass is 10.1. The van der Waals surface area contributed by atoms with Crippen molar-refractivity contribution in [3.8, 4) is 11.1 Å². The van der Waals surface area contributed by atoms with E-state index in [0.717, 1.165) is 11.1 Å². The second-order valence-corrected chi connectivity index (χ2v) is 4.30. The first kappa shape index (κ1) is 9.37. The van der Waals surface area contributed by atoms with Crippen LogP contribution in [0.3, 0.4) is 0 Å². The van der Waals surface area contributed by atoms with Crippen LogP contribution < -0.4 is 5.73 Å². The van der Waals surface area contributed by atoms with Crippen LogP contribution in [0.1, 0.15) is 10.4 Å². The molecule has 0 aliphatic carbocycles. The molecule has 0 spiro atoms. The van der Waals surface area contributed by atoms with Gasteiger partial charge in [0.1, 0.15) is 0 Å². The lowest BCUT2D eigenvalue weighted by Crippen LogP contribution is -1.96. The second kappa shape index (κ2) is 3.90. The number of nitrogens with two attached hydrogens (primary N) is 1. The van der Waals surface area contributed by atoms with E-state index in [1.54, 1.807) is 11.3 Å². The summed E-state index contributed by atoms with van der Waals surface area (Å²) in [4.78, 5) is 5.50. The molecule has 2 rings (SSSR count). The van der Waals surface area contributed by atoms with Crippen molar-refractivity contribution in [2.45, 2.75) is 13.5 Å². The Bertz CT molecular complexity index is 434. The van der Waals surface area contributed by atoms with Crippen molar-refractivity contribution < 1.29 is 0 Å². The van der Waals surface area contributed by atoms with Gasteiger partial charge in [0.2, 0.25) is 0 Å². The topological polar surface area (TPSA) is 38.9 Å². The lowest BCUT2D eigenvalue weighted by Gasteiger charge is -2.01. The Morgan fingerprint density at radius 1 is 1.43 bits per heavy atom. The number of thiophene rings is 1. The van der Waals surface area contributed by atoms with Crippen molar-refractivity contribution in [2.75, 3.05) is 0 Å².